The van der Waals surface area contributed by atoms with Gasteiger partial charge in [0.15, 0.2) is 5.25 Å². The normalized spacial score (nSPS) is 10.0. The van der Waals surface area contributed by atoms with E-state index in [-0.39, 0.29) is 0 Å². The summed E-state index contributed by atoms with van der Waals surface area (Å²) in [5, 5.41) is -1.12. The van der Waals surface area contributed by atoms with Gasteiger partial charge in [0, 0.05) is 0 Å². The van der Waals surface area contributed by atoms with Crippen LogP contribution in [0.25, 0.3) is 0 Å². The fourth-order valence-electron chi connectivity index (χ4n) is 0.659. The lowest BCUT2D eigenvalue weighted by Crippen LogP contribution is -2.29. The van der Waals surface area contributed by atoms with E-state index in [9.17, 15) is 9.59 Å². The van der Waals surface area contributed by atoms with Gasteiger partial charge in [0.05, 0.1) is 13.2 Å². The molecule has 0 radical (unpaired) electrons. The topological polar surface area (TPSA) is 52.6 Å². The van der Waals surface area contributed by atoms with Gasteiger partial charge in [-0.15, -0.1) is 0 Å². The van der Waals surface area contributed by atoms with Crippen LogP contribution in [0.15, 0.2) is 0 Å². The predicted octanol–water partition coefficient (Wildman–Crippen LogP) is 1.19. The zero-order chi connectivity index (χ0) is 11.0. The zero-order valence-corrected chi connectivity index (χ0v) is 9.38. The summed E-state index contributed by atoms with van der Waals surface area (Å²) in [6.45, 7) is 4.35. The number of carbonyl (C=O) groups excluding carboxylic acids is 2. The Morgan fingerprint density at radius 1 is 1.07 bits per heavy atom. The van der Waals surface area contributed by atoms with Crippen LogP contribution in [0.2, 0.25) is 0 Å². The highest BCUT2D eigenvalue weighted by Gasteiger charge is 2.25. The molecule has 0 atom stereocenters. The van der Waals surface area contributed by atoms with Gasteiger partial charge in [-0.3, -0.25) is 9.59 Å². The molecule has 0 aromatic heterocycles. The molecule has 0 aliphatic rings. The minimum absolute atomic E-state index is 0.303. The standard InChI is InChI=1S/C9H16O4S/c1-3-5-12-8(10)7(14)9(11)13-6-4-2/h7,14H,3-6H2,1-2H3. The maximum atomic E-state index is 11.1. The lowest BCUT2D eigenvalue weighted by Gasteiger charge is -2.09. The van der Waals surface area contributed by atoms with Crippen molar-refractivity contribution in [3.63, 3.8) is 0 Å². The highest BCUT2D eigenvalue weighted by Crippen LogP contribution is 2.02. The van der Waals surface area contributed by atoms with E-state index in [2.05, 4.69) is 12.6 Å². The van der Waals surface area contributed by atoms with Crippen molar-refractivity contribution >= 4 is 24.6 Å². The van der Waals surface area contributed by atoms with Crippen molar-refractivity contribution in [2.75, 3.05) is 13.2 Å². The number of ether oxygens (including phenoxy) is 2. The molecular weight excluding hydrogens is 204 g/mol. The van der Waals surface area contributed by atoms with E-state index in [0.717, 1.165) is 12.8 Å². The number of carbonyl (C=O) groups is 2. The Labute approximate surface area is 89.4 Å². The van der Waals surface area contributed by atoms with Gasteiger partial charge in [-0.05, 0) is 12.8 Å². The van der Waals surface area contributed by atoms with Gasteiger partial charge in [-0.2, -0.15) is 12.6 Å². The summed E-state index contributed by atoms with van der Waals surface area (Å²) in [5.41, 5.74) is 0. The van der Waals surface area contributed by atoms with E-state index in [1.807, 2.05) is 13.8 Å². The van der Waals surface area contributed by atoms with Gasteiger partial charge in [0.1, 0.15) is 0 Å². The summed E-state index contributed by atoms with van der Waals surface area (Å²) in [4.78, 5) is 22.2. The third kappa shape index (κ3) is 5.11. The van der Waals surface area contributed by atoms with Crippen molar-refractivity contribution < 1.29 is 19.1 Å². The molecule has 0 saturated carbocycles. The molecule has 0 aliphatic heterocycles. The van der Waals surface area contributed by atoms with Crippen molar-refractivity contribution in [2.24, 2.45) is 0 Å². The molecule has 4 nitrogen and oxygen atoms in total. The fraction of sp³-hybridized carbons (Fsp3) is 0.778. The maximum absolute atomic E-state index is 11.1. The minimum Gasteiger partial charge on any atom is -0.464 e. The second-order valence-corrected chi connectivity index (χ2v) is 3.25. The molecule has 0 bridgehead atoms. The molecule has 0 aromatic rings. The van der Waals surface area contributed by atoms with Crippen LogP contribution in [0.5, 0.6) is 0 Å². The van der Waals surface area contributed by atoms with Crippen LogP contribution < -0.4 is 0 Å². The van der Waals surface area contributed by atoms with Crippen LogP contribution in [0.1, 0.15) is 26.7 Å². The first-order valence-electron chi connectivity index (χ1n) is 4.64. The Kier molecular flexibility index (Phi) is 7.28. The molecule has 0 unspecified atom stereocenters. The summed E-state index contributed by atoms with van der Waals surface area (Å²) in [6, 6.07) is 0. The van der Waals surface area contributed by atoms with E-state index in [1.54, 1.807) is 0 Å². The van der Waals surface area contributed by atoms with E-state index in [1.165, 1.54) is 0 Å². The Morgan fingerprint density at radius 3 is 1.71 bits per heavy atom. The Morgan fingerprint density at radius 2 is 1.43 bits per heavy atom. The molecule has 0 rings (SSSR count). The Hall–Kier alpha value is -0.710. The second kappa shape index (κ2) is 7.67. The van der Waals surface area contributed by atoms with Crippen molar-refractivity contribution in [3.8, 4) is 0 Å². The van der Waals surface area contributed by atoms with E-state index < -0.39 is 17.2 Å². The van der Waals surface area contributed by atoms with Crippen molar-refractivity contribution in [2.45, 2.75) is 31.9 Å². The molecule has 0 aliphatic carbocycles. The van der Waals surface area contributed by atoms with Gasteiger partial charge >= 0.3 is 11.9 Å². The molecule has 0 spiro atoms. The average molecular weight is 220 g/mol. The molecule has 0 N–H and O–H groups in total. The van der Waals surface area contributed by atoms with Crippen molar-refractivity contribution in [3.05, 3.63) is 0 Å². The molecule has 5 heteroatoms. The SMILES string of the molecule is CCCOC(=O)C(S)C(=O)OCCC. The van der Waals surface area contributed by atoms with Gasteiger partial charge in [0.2, 0.25) is 0 Å². The van der Waals surface area contributed by atoms with Crippen LogP contribution in [-0.4, -0.2) is 30.4 Å². The monoisotopic (exact) mass is 220 g/mol. The zero-order valence-electron chi connectivity index (χ0n) is 8.49. The molecular formula is C9H16O4S. The molecule has 0 fully saturated rings. The van der Waals surface area contributed by atoms with E-state index in [4.69, 9.17) is 9.47 Å². The smallest absolute Gasteiger partial charge is 0.330 e. The number of thiol groups is 1. The highest BCUT2D eigenvalue weighted by atomic mass is 32.1. The number of hydrogen-bond acceptors (Lipinski definition) is 5. The van der Waals surface area contributed by atoms with Crippen molar-refractivity contribution in [1.82, 2.24) is 0 Å². The summed E-state index contributed by atoms with van der Waals surface area (Å²) in [6.07, 6.45) is 1.44. The van der Waals surface area contributed by atoms with Crippen LogP contribution in [0.4, 0.5) is 0 Å². The van der Waals surface area contributed by atoms with Crippen molar-refractivity contribution in [1.29, 1.82) is 0 Å². The van der Waals surface area contributed by atoms with E-state index in [0.29, 0.717) is 13.2 Å². The first-order chi connectivity index (χ1) is 6.63. The maximum Gasteiger partial charge on any atom is 0.330 e. The summed E-state index contributed by atoms with van der Waals surface area (Å²) in [5.74, 6) is -1.28. The summed E-state index contributed by atoms with van der Waals surface area (Å²) >= 11 is 3.82. The molecule has 0 saturated heterocycles. The lowest BCUT2D eigenvalue weighted by atomic mass is 10.4. The van der Waals surface area contributed by atoms with Gasteiger partial charge in [0.25, 0.3) is 0 Å². The van der Waals surface area contributed by atoms with Crippen LogP contribution >= 0.6 is 12.6 Å². The summed E-state index contributed by atoms with van der Waals surface area (Å²) < 4.78 is 9.48. The Balaban J connectivity index is 3.85. The molecule has 0 aromatic carbocycles. The molecule has 82 valence electrons. The van der Waals surface area contributed by atoms with Gasteiger partial charge < -0.3 is 9.47 Å². The molecule has 0 heterocycles. The average Bonchev–Trinajstić information content (AvgIpc) is 2.21. The number of esters is 2. The van der Waals surface area contributed by atoms with Crippen LogP contribution in [0.3, 0.4) is 0 Å². The summed E-state index contributed by atoms with van der Waals surface area (Å²) in [7, 11) is 0. The molecule has 0 amide bonds. The first-order valence-corrected chi connectivity index (χ1v) is 5.16. The third-order valence-corrected chi connectivity index (χ3v) is 1.77. The first kappa shape index (κ1) is 13.3. The quantitative estimate of drug-likeness (QED) is 0.415. The second-order valence-electron chi connectivity index (χ2n) is 2.74. The highest BCUT2D eigenvalue weighted by molar-refractivity contribution is 7.82. The lowest BCUT2D eigenvalue weighted by molar-refractivity contribution is -0.153. The Bertz CT molecular complexity index is 173. The molecule has 14 heavy (non-hydrogen) atoms. The fourth-order valence-corrected chi connectivity index (χ4v) is 0.808. The van der Waals surface area contributed by atoms with Gasteiger partial charge in [-0.25, -0.2) is 0 Å². The minimum atomic E-state index is -1.12. The predicted molar refractivity (Wildman–Crippen MR) is 55.3 cm³/mol. The van der Waals surface area contributed by atoms with Crippen LogP contribution in [0, 0.1) is 0 Å². The van der Waals surface area contributed by atoms with Gasteiger partial charge in [-0.1, -0.05) is 13.8 Å². The number of rotatable bonds is 6. The largest absolute Gasteiger partial charge is 0.464 e. The van der Waals surface area contributed by atoms with E-state index >= 15 is 0 Å². The third-order valence-electron chi connectivity index (χ3n) is 1.34. The number of hydrogen-bond donors (Lipinski definition) is 1. The van der Waals surface area contributed by atoms with Crippen LogP contribution in [-0.2, 0) is 19.1 Å².